The number of nitriles is 2. The minimum Gasteiger partial charge on any atom is -0.383 e. The van der Waals surface area contributed by atoms with Gasteiger partial charge in [-0.05, 0) is 55.7 Å². The zero-order valence-electron chi connectivity index (χ0n) is 22.3. The molecule has 0 aliphatic carbocycles. The lowest BCUT2D eigenvalue weighted by Gasteiger charge is -2.16. The summed E-state index contributed by atoms with van der Waals surface area (Å²) >= 11 is 1.03. The minimum atomic E-state index is -3.91. The first-order valence-corrected chi connectivity index (χ1v) is 14.7. The van der Waals surface area contributed by atoms with E-state index >= 15 is 0 Å². The Bertz CT molecular complexity index is 1790. The number of carbonyl (C=O) groups excluding carboxylic acids is 1. The monoisotopic (exact) mass is 587 g/mol. The molecule has 0 radical (unpaired) electrons. The number of rotatable bonds is 9. The van der Waals surface area contributed by atoms with E-state index in [2.05, 4.69) is 26.2 Å². The quantitative estimate of drug-likeness (QED) is 0.228. The van der Waals surface area contributed by atoms with Crippen LogP contribution in [0.3, 0.4) is 0 Å². The van der Waals surface area contributed by atoms with Crippen molar-refractivity contribution in [3.63, 3.8) is 0 Å². The maximum atomic E-state index is 13.0. The fraction of sp³-hybridized carbons (Fsp3) is 0.179. The Morgan fingerprint density at radius 1 is 1.10 bits per heavy atom. The molecule has 2 heterocycles. The van der Waals surface area contributed by atoms with Gasteiger partial charge in [0.1, 0.15) is 34.3 Å². The molecule has 1 amide bonds. The maximum Gasteiger partial charge on any atom is 0.263 e. The molecule has 0 saturated heterocycles. The maximum absolute atomic E-state index is 13.0. The van der Waals surface area contributed by atoms with Crippen molar-refractivity contribution in [2.45, 2.75) is 42.4 Å². The van der Waals surface area contributed by atoms with Crippen LogP contribution in [0.5, 0.6) is 0 Å². The number of nitrogens with one attached hydrogen (secondary N) is 2. The summed E-state index contributed by atoms with van der Waals surface area (Å²) in [5.74, 6) is 0.0580. The molecule has 0 aliphatic heterocycles. The topological polar surface area (TPSA) is 188 Å². The average Bonchev–Trinajstić information content (AvgIpc) is 3.36. The molecule has 2 aromatic carbocycles. The third-order valence-corrected chi connectivity index (χ3v) is 8.48. The minimum absolute atomic E-state index is 0.0333. The van der Waals surface area contributed by atoms with Crippen LogP contribution in [0.1, 0.15) is 36.3 Å². The third kappa shape index (κ3) is 6.49. The van der Waals surface area contributed by atoms with E-state index in [9.17, 15) is 23.7 Å². The van der Waals surface area contributed by atoms with Crippen molar-refractivity contribution in [3.8, 4) is 23.3 Å². The molecule has 4 aromatic rings. The predicted molar refractivity (Wildman–Crippen MR) is 155 cm³/mol. The molecular weight excluding hydrogens is 562 g/mol. The van der Waals surface area contributed by atoms with Crippen molar-refractivity contribution < 1.29 is 17.7 Å². The van der Waals surface area contributed by atoms with Crippen molar-refractivity contribution in [2.75, 3.05) is 15.8 Å². The van der Waals surface area contributed by atoms with Gasteiger partial charge in [0.05, 0.1) is 15.7 Å². The van der Waals surface area contributed by atoms with Crippen LogP contribution in [-0.4, -0.2) is 29.7 Å². The number of sulfonamides is 1. The summed E-state index contributed by atoms with van der Waals surface area (Å²) in [5.41, 5.74) is 8.82. The lowest BCUT2D eigenvalue weighted by Crippen LogP contribution is -2.23. The number of hydrogen-bond donors (Lipinski definition) is 3. The number of aryl methyl sites for hydroxylation is 2. The second kappa shape index (κ2) is 12.1. The van der Waals surface area contributed by atoms with Crippen LogP contribution < -0.4 is 15.8 Å². The smallest absolute Gasteiger partial charge is 0.263 e. The highest BCUT2D eigenvalue weighted by Gasteiger charge is 2.24. The Morgan fingerprint density at radius 3 is 2.32 bits per heavy atom. The molecule has 4 rings (SSSR count). The van der Waals surface area contributed by atoms with E-state index in [4.69, 9.17) is 10.3 Å². The van der Waals surface area contributed by atoms with Gasteiger partial charge in [-0.3, -0.25) is 9.52 Å². The highest BCUT2D eigenvalue weighted by Crippen LogP contribution is 2.37. The van der Waals surface area contributed by atoms with Gasteiger partial charge in [0.15, 0.2) is 5.82 Å². The normalized spacial score (nSPS) is 11.7. The molecule has 4 N–H and O–H groups in total. The van der Waals surface area contributed by atoms with Crippen molar-refractivity contribution in [2.24, 2.45) is 0 Å². The lowest BCUT2D eigenvalue weighted by molar-refractivity contribution is -0.115. The van der Waals surface area contributed by atoms with E-state index in [-0.39, 0.29) is 32.7 Å². The van der Waals surface area contributed by atoms with Crippen molar-refractivity contribution in [1.29, 1.82) is 10.5 Å². The molecule has 1 atom stereocenters. The number of carbonyl (C=O) groups is 1. The first-order chi connectivity index (χ1) is 19.6. The van der Waals surface area contributed by atoms with Gasteiger partial charge < -0.3 is 15.6 Å². The highest BCUT2D eigenvalue weighted by atomic mass is 32.2. The fourth-order valence-electron chi connectivity index (χ4n) is 3.87. The van der Waals surface area contributed by atoms with Gasteiger partial charge in [0, 0.05) is 17.3 Å². The number of aromatic nitrogens is 2. The second-order valence-electron chi connectivity index (χ2n) is 8.90. The number of benzene rings is 2. The number of pyridine rings is 1. The molecule has 0 spiro atoms. The Morgan fingerprint density at radius 2 is 1.76 bits per heavy atom. The van der Waals surface area contributed by atoms with Crippen LogP contribution in [0.25, 0.3) is 11.1 Å². The molecule has 13 heteroatoms. The molecule has 0 bridgehead atoms. The van der Waals surface area contributed by atoms with Crippen molar-refractivity contribution in [1.82, 2.24) is 10.1 Å². The molecule has 0 fully saturated rings. The molecule has 11 nitrogen and oxygen atoms in total. The Balaban J connectivity index is 1.53. The molecule has 1 unspecified atom stereocenters. The predicted octanol–water partition coefficient (Wildman–Crippen LogP) is 4.85. The molecule has 0 aliphatic rings. The number of amides is 1. The van der Waals surface area contributed by atoms with Crippen LogP contribution >= 0.6 is 11.8 Å². The van der Waals surface area contributed by atoms with Crippen molar-refractivity contribution >= 4 is 45.0 Å². The van der Waals surface area contributed by atoms with Crippen molar-refractivity contribution in [3.05, 3.63) is 77.0 Å². The zero-order chi connectivity index (χ0) is 29.7. The first-order valence-electron chi connectivity index (χ1n) is 12.3. The number of anilines is 3. The van der Waals surface area contributed by atoms with E-state index in [0.29, 0.717) is 22.6 Å². The van der Waals surface area contributed by atoms with E-state index in [1.807, 2.05) is 37.3 Å². The zero-order valence-corrected chi connectivity index (χ0v) is 23.9. The summed E-state index contributed by atoms with van der Waals surface area (Å²) in [6.07, 6.45) is 0.834. The van der Waals surface area contributed by atoms with Crippen LogP contribution in [0, 0.1) is 29.6 Å². The first kappa shape index (κ1) is 29.1. The summed E-state index contributed by atoms with van der Waals surface area (Å²) in [6.45, 7) is 5.30. The van der Waals surface area contributed by atoms with Gasteiger partial charge >= 0.3 is 0 Å². The van der Waals surface area contributed by atoms with Gasteiger partial charge in [-0.25, -0.2) is 13.4 Å². The van der Waals surface area contributed by atoms with Gasteiger partial charge in [0.25, 0.3) is 10.0 Å². The number of nitrogens with two attached hydrogens (primary N) is 1. The van der Waals surface area contributed by atoms with Crippen LogP contribution in [0.4, 0.5) is 17.3 Å². The average molecular weight is 588 g/mol. The van der Waals surface area contributed by atoms with Gasteiger partial charge in [-0.2, -0.15) is 10.5 Å². The number of nitrogen functional groups attached to an aromatic ring is 1. The van der Waals surface area contributed by atoms with E-state index < -0.39 is 21.2 Å². The summed E-state index contributed by atoms with van der Waals surface area (Å²) in [7, 11) is -3.91. The SMILES string of the molecule is CCc1ccc(-c2c(C#N)c(N)nc(SC(C)C(=O)Nc3ccc(S(=O)(=O)Nc4cc(C)on4)cc3)c2C#N)cc1. The standard InChI is InChI=1S/C28H25N7O4S2/c1-4-18-5-7-19(8-6-18)25-22(14-29)26(31)33-28(23(25)15-30)40-17(3)27(36)32-20-9-11-21(12-10-20)41(37,38)35-24-13-16(2)39-34-24/h5-13,17H,4H2,1-3H3,(H2,31,33)(H,32,36)(H,34,35). The summed E-state index contributed by atoms with van der Waals surface area (Å²) < 4.78 is 32.4. The van der Waals surface area contributed by atoms with Gasteiger partial charge in [-0.15, -0.1) is 0 Å². The lowest BCUT2D eigenvalue weighted by atomic mass is 9.96. The summed E-state index contributed by atoms with van der Waals surface area (Å²) in [6, 6.07) is 18.7. The third-order valence-electron chi connectivity index (χ3n) is 6.02. The van der Waals surface area contributed by atoms with Gasteiger partial charge in [-0.1, -0.05) is 48.1 Å². The van der Waals surface area contributed by atoms with Crippen LogP contribution in [0.2, 0.25) is 0 Å². The fourth-order valence-corrected chi connectivity index (χ4v) is 5.77. The molecule has 41 heavy (non-hydrogen) atoms. The van der Waals surface area contributed by atoms with Gasteiger partial charge in [0.2, 0.25) is 5.91 Å². The number of hydrogen-bond acceptors (Lipinski definition) is 10. The van der Waals surface area contributed by atoms with E-state index in [0.717, 1.165) is 23.7 Å². The summed E-state index contributed by atoms with van der Waals surface area (Å²) in [5, 5.41) is 25.6. The molecule has 0 saturated carbocycles. The second-order valence-corrected chi connectivity index (χ2v) is 11.9. The molecule has 208 valence electrons. The van der Waals surface area contributed by atoms with E-state index in [1.165, 1.54) is 30.3 Å². The Hall–Kier alpha value is -4.85. The number of thioether (sulfide) groups is 1. The van der Waals surface area contributed by atoms with E-state index in [1.54, 1.807) is 13.8 Å². The highest BCUT2D eigenvalue weighted by molar-refractivity contribution is 8.00. The largest absolute Gasteiger partial charge is 0.383 e. The van der Waals surface area contributed by atoms with Crippen LogP contribution in [-0.2, 0) is 21.2 Å². The molecule has 2 aromatic heterocycles. The number of nitrogens with zero attached hydrogens (tertiary/aromatic N) is 4. The van der Waals surface area contributed by atoms with Crippen LogP contribution in [0.15, 0.2) is 69.0 Å². The Kier molecular flexibility index (Phi) is 8.62. The molecular formula is C28H25N7O4S2. The summed E-state index contributed by atoms with van der Waals surface area (Å²) in [4.78, 5) is 17.2. The Labute approximate surface area is 241 Å².